The van der Waals surface area contributed by atoms with Gasteiger partial charge >= 0.3 is 0 Å². The predicted molar refractivity (Wildman–Crippen MR) is 79.6 cm³/mol. The first-order valence-electron chi connectivity index (χ1n) is 6.73. The molecule has 0 fully saturated rings. The quantitative estimate of drug-likeness (QED) is 0.885. The molecular weight excluding hydrogens is 252 g/mol. The zero-order valence-electron chi connectivity index (χ0n) is 12.1. The third kappa shape index (κ3) is 2.72. The van der Waals surface area contributed by atoms with Crippen molar-refractivity contribution in [2.24, 2.45) is 0 Å². The van der Waals surface area contributed by atoms with Crippen LogP contribution in [-0.2, 0) is 0 Å². The van der Waals surface area contributed by atoms with Gasteiger partial charge in [0, 0.05) is 17.5 Å². The van der Waals surface area contributed by atoms with Gasteiger partial charge in [0.25, 0.3) is 0 Å². The van der Waals surface area contributed by atoms with E-state index in [1.807, 2.05) is 19.1 Å². The van der Waals surface area contributed by atoms with Crippen molar-refractivity contribution < 1.29 is 14.9 Å². The van der Waals surface area contributed by atoms with Crippen LogP contribution in [0.5, 0.6) is 17.2 Å². The van der Waals surface area contributed by atoms with Crippen LogP contribution in [0.15, 0.2) is 36.4 Å². The van der Waals surface area contributed by atoms with Gasteiger partial charge in [-0.2, -0.15) is 0 Å². The number of ether oxygens (including phenoxy) is 1. The lowest BCUT2D eigenvalue weighted by atomic mass is 9.88. The van der Waals surface area contributed by atoms with Crippen LogP contribution in [0.1, 0.15) is 36.0 Å². The maximum absolute atomic E-state index is 10.0. The molecule has 0 bridgehead atoms. The minimum atomic E-state index is 0.0718. The highest BCUT2D eigenvalue weighted by Crippen LogP contribution is 2.37. The third-order valence-corrected chi connectivity index (χ3v) is 3.63. The van der Waals surface area contributed by atoms with Crippen LogP contribution in [-0.4, -0.2) is 17.3 Å². The average molecular weight is 272 g/mol. The summed E-state index contributed by atoms with van der Waals surface area (Å²) in [6, 6.07) is 10.8. The molecule has 1 unspecified atom stereocenters. The maximum Gasteiger partial charge on any atom is 0.123 e. The number of methoxy groups -OCH3 is 1. The highest BCUT2D eigenvalue weighted by molar-refractivity contribution is 5.47. The molecule has 0 spiro atoms. The van der Waals surface area contributed by atoms with Crippen LogP contribution < -0.4 is 4.74 Å². The van der Waals surface area contributed by atoms with Crippen molar-refractivity contribution in [3.05, 3.63) is 53.1 Å². The first kappa shape index (κ1) is 14.3. The molecule has 0 aliphatic heterocycles. The highest BCUT2D eigenvalue weighted by Gasteiger charge is 2.17. The summed E-state index contributed by atoms with van der Waals surface area (Å²) in [7, 11) is 1.66. The van der Waals surface area contributed by atoms with Crippen molar-refractivity contribution in [2.75, 3.05) is 7.11 Å². The van der Waals surface area contributed by atoms with Gasteiger partial charge in [0.1, 0.15) is 17.2 Å². The minimum absolute atomic E-state index is 0.0718. The van der Waals surface area contributed by atoms with Crippen LogP contribution in [0.3, 0.4) is 0 Å². The molecule has 20 heavy (non-hydrogen) atoms. The van der Waals surface area contributed by atoms with Gasteiger partial charge in [-0.1, -0.05) is 25.1 Å². The number of rotatable bonds is 4. The van der Waals surface area contributed by atoms with E-state index in [0.717, 1.165) is 28.9 Å². The summed E-state index contributed by atoms with van der Waals surface area (Å²) < 4.78 is 5.36. The number of hydrogen-bond acceptors (Lipinski definition) is 3. The summed E-state index contributed by atoms with van der Waals surface area (Å²) in [6.07, 6.45) is 0.852. The van der Waals surface area contributed by atoms with E-state index in [2.05, 4.69) is 13.0 Å². The lowest BCUT2D eigenvalue weighted by Gasteiger charge is -2.19. The Labute approximate surface area is 119 Å². The molecule has 0 aromatic heterocycles. The summed E-state index contributed by atoms with van der Waals surface area (Å²) >= 11 is 0. The zero-order chi connectivity index (χ0) is 14.7. The molecule has 3 nitrogen and oxygen atoms in total. The fourth-order valence-electron chi connectivity index (χ4n) is 2.52. The second kappa shape index (κ2) is 5.87. The first-order valence-corrected chi connectivity index (χ1v) is 6.73. The molecule has 0 aliphatic rings. The molecule has 2 rings (SSSR count). The first-order chi connectivity index (χ1) is 9.56. The Balaban J connectivity index is 2.46. The SMILES string of the molecule is CCC(c1ccc(C)c(OC)c1)c1ccc(O)cc1O. The molecule has 1 atom stereocenters. The van der Waals surface area contributed by atoms with E-state index in [9.17, 15) is 10.2 Å². The fraction of sp³-hybridized carbons (Fsp3) is 0.294. The molecule has 0 saturated heterocycles. The summed E-state index contributed by atoms with van der Waals surface area (Å²) in [4.78, 5) is 0. The van der Waals surface area contributed by atoms with Crippen LogP contribution in [0.25, 0.3) is 0 Å². The maximum atomic E-state index is 10.0. The highest BCUT2D eigenvalue weighted by atomic mass is 16.5. The summed E-state index contributed by atoms with van der Waals surface area (Å²) in [6.45, 7) is 4.07. The van der Waals surface area contributed by atoms with Crippen LogP contribution >= 0.6 is 0 Å². The number of aromatic hydroxyl groups is 2. The van der Waals surface area contributed by atoms with Gasteiger partial charge in [-0.15, -0.1) is 0 Å². The van der Waals surface area contributed by atoms with E-state index in [4.69, 9.17) is 4.74 Å². The third-order valence-electron chi connectivity index (χ3n) is 3.63. The Bertz CT molecular complexity index is 605. The summed E-state index contributed by atoms with van der Waals surface area (Å²) in [5, 5.41) is 19.4. The number of phenols is 2. The van der Waals surface area contributed by atoms with E-state index in [1.165, 1.54) is 6.07 Å². The zero-order valence-corrected chi connectivity index (χ0v) is 12.1. The van der Waals surface area contributed by atoms with Gasteiger partial charge in [-0.25, -0.2) is 0 Å². The Morgan fingerprint density at radius 2 is 1.85 bits per heavy atom. The van der Waals surface area contributed by atoms with Crippen LogP contribution in [0, 0.1) is 6.92 Å². The van der Waals surface area contributed by atoms with Crippen molar-refractivity contribution >= 4 is 0 Å². The largest absolute Gasteiger partial charge is 0.508 e. The molecule has 3 heteroatoms. The van der Waals surface area contributed by atoms with Crippen LogP contribution in [0.4, 0.5) is 0 Å². The van der Waals surface area contributed by atoms with Crippen molar-refractivity contribution in [3.8, 4) is 17.2 Å². The Morgan fingerprint density at radius 1 is 1.10 bits per heavy atom. The summed E-state index contributed by atoms with van der Waals surface area (Å²) in [5.74, 6) is 1.11. The molecule has 2 N–H and O–H groups in total. The number of hydrogen-bond donors (Lipinski definition) is 2. The fourth-order valence-corrected chi connectivity index (χ4v) is 2.52. The normalized spacial score (nSPS) is 12.2. The average Bonchev–Trinajstić information content (AvgIpc) is 2.43. The lowest BCUT2D eigenvalue weighted by molar-refractivity contribution is 0.410. The van der Waals surface area contributed by atoms with Gasteiger partial charge in [0.2, 0.25) is 0 Å². The van der Waals surface area contributed by atoms with Gasteiger partial charge in [-0.3, -0.25) is 0 Å². The van der Waals surface area contributed by atoms with E-state index in [0.29, 0.717) is 0 Å². The Kier molecular flexibility index (Phi) is 4.18. The number of benzene rings is 2. The van der Waals surface area contributed by atoms with E-state index in [-0.39, 0.29) is 17.4 Å². The molecule has 0 saturated carbocycles. The monoisotopic (exact) mass is 272 g/mol. The molecule has 2 aromatic rings. The van der Waals surface area contributed by atoms with Crippen molar-refractivity contribution in [1.29, 1.82) is 0 Å². The minimum Gasteiger partial charge on any atom is -0.508 e. The second-order valence-electron chi connectivity index (χ2n) is 4.93. The smallest absolute Gasteiger partial charge is 0.123 e. The van der Waals surface area contributed by atoms with Crippen LogP contribution in [0.2, 0.25) is 0 Å². The predicted octanol–water partition coefficient (Wildman–Crippen LogP) is 3.96. The molecule has 0 aliphatic carbocycles. The number of phenolic OH excluding ortho intramolecular Hbond substituents is 2. The van der Waals surface area contributed by atoms with Gasteiger partial charge in [0.05, 0.1) is 7.11 Å². The lowest BCUT2D eigenvalue weighted by Crippen LogP contribution is -2.01. The second-order valence-corrected chi connectivity index (χ2v) is 4.93. The molecular formula is C17H20O3. The van der Waals surface area contributed by atoms with Gasteiger partial charge in [0.15, 0.2) is 0 Å². The van der Waals surface area contributed by atoms with E-state index in [1.54, 1.807) is 19.2 Å². The Hall–Kier alpha value is -2.16. The summed E-state index contributed by atoms with van der Waals surface area (Å²) in [5.41, 5.74) is 2.99. The van der Waals surface area contributed by atoms with E-state index < -0.39 is 0 Å². The Morgan fingerprint density at radius 3 is 2.45 bits per heavy atom. The standard InChI is InChI=1S/C17H20O3/c1-4-14(15-8-7-13(18)10-16(15)19)12-6-5-11(2)17(9-12)20-3/h5-10,14,18-19H,4H2,1-3H3. The molecule has 2 aromatic carbocycles. The molecule has 0 radical (unpaired) electrons. The van der Waals surface area contributed by atoms with Gasteiger partial charge < -0.3 is 14.9 Å². The topological polar surface area (TPSA) is 49.7 Å². The van der Waals surface area contributed by atoms with Crippen molar-refractivity contribution in [1.82, 2.24) is 0 Å². The molecule has 0 amide bonds. The molecule has 106 valence electrons. The van der Waals surface area contributed by atoms with E-state index >= 15 is 0 Å². The van der Waals surface area contributed by atoms with Gasteiger partial charge in [-0.05, 0) is 36.6 Å². The van der Waals surface area contributed by atoms with Crippen molar-refractivity contribution in [2.45, 2.75) is 26.2 Å². The van der Waals surface area contributed by atoms with Crippen molar-refractivity contribution in [3.63, 3.8) is 0 Å². The number of aryl methyl sites for hydroxylation is 1. The molecule has 0 heterocycles.